The van der Waals surface area contributed by atoms with Gasteiger partial charge in [0, 0.05) is 22.9 Å². The van der Waals surface area contributed by atoms with Crippen molar-refractivity contribution in [2.75, 3.05) is 5.32 Å². The summed E-state index contributed by atoms with van der Waals surface area (Å²) in [6, 6.07) is 6.73. The minimum Gasteiger partial charge on any atom is -0.322 e. The van der Waals surface area contributed by atoms with Gasteiger partial charge in [0.2, 0.25) is 0 Å². The van der Waals surface area contributed by atoms with E-state index in [1.54, 1.807) is 13.8 Å². The zero-order valence-electron chi connectivity index (χ0n) is 14.0. The minimum absolute atomic E-state index is 0.0291. The molecule has 23 heavy (non-hydrogen) atoms. The molecule has 0 aromatic heterocycles. The number of benzene rings is 2. The minimum atomic E-state index is -0.433. The van der Waals surface area contributed by atoms with Crippen LogP contribution in [0.5, 0.6) is 0 Å². The standard InChI is InChI=1S/C18H20N2O3/c1-10-6-8-16(13(4)11(10)2)19-18(21)15-7-9-17(20(22)23)14(5)12(15)3/h6-9H,1-5H3,(H,19,21). The molecule has 0 aliphatic carbocycles. The molecular formula is C18H20N2O3. The Balaban J connectivity index is 2.38. The Labute approximate surface area is 135 Å². The van der Waals surface area contributed by atoms with E-state index >= 15 is 0 Å². The second-order valence-electron chi connectivity index (χ2n) is 5.77. The first-order valence-electron chi connectivity index (χ1n) is 7.36. The van der Waals surface area contributed by atoms with E-state index in [9.17, 15) is 14.9 Å². The predicted octanol–water partition coefficient (Wildman–Crippen LogP) is 4.39. The Morgan fingerprint density at radius 3 is 2.17 bits per heavy atom. The van der Waals surface area contributed by atoms with E-state index in [0.29, 0.717) is 16.7 Å². The van der Waals surface area contributed by atoms with E-state index in [1.807, 2.05) is 32.9 Å². The fourth-order valence-electron chi connectivity index (χ4n) is 2.53. The van der Waals surface area contributed by atoms with E-state index < -0.39 is 4.92 Å². The lowest BCUT2D eigenvalue weighted by Gasteiger charge is -2.14. The molecule has 1 N–H and O–H groups in total. The summed E-state index contributed by atoms with van der Waals surface area (Å²) in [5.74, 6) is -0.258. The molecule has 0 saturated carbocycles. The number of anilines is 1. The van der Waals surface area contributed by atoms with Crippen molar-refractivity contribution in [1.82, 2.24) is 0 Å². The third kappa shape index (κ3) is 3.08. The van der Waals surface area contributed by atoms with Gasteiger partial charge in [0.1, 0.15) is 0 Å². The van der Waals surface area contributed by atoms with Crippen LogP contribution in [0.25, 0.3) is 0 Å². The second-order valence-corrected chi connectivity index (χ2v) is 5.77. The summed E-state index contributed by atoms with van der Waals surface area (Å²) in [7, 11) is 0. The molecule has 0 radical (unpaired) electrons. The molecule has 0 aliphatic rings. The molecule has 120 valence electrons. The van der Waals surface area contributed by atoms with Crippen LogP contribution < -0.4 is 5.32 Å². The van der Waals surface area contributed by atoms with Gasteiger partial charge in [-0.2, -0.15) is 0 Å². The van der Waals surface area contributed by atoms with Gasteiger partial charge in [-0.3, -0.25) is 14.9 Å². The average Bonchev–Trinajstić information content (AvgIpc) is 2.50. The second kappa shape index (κ2) is 6.20. The Kier molecular flexibility index (Phi) is 4.50. The molecule has 2 aromatic rings. The van der Waals surface area contributed by atoms with Crippen molar-refractivity contribution in [3.63, 3.8) is 0 Å². The Morgan fingerprint density at radius 2 is 1.57 bits per heavy atom. The van der Waals surface area contributed by atoms with Crippen molar-refractivity contribution in [1.29, 1.82) is 0 Å². The van der Waals surface area contributed by atoms with Crippen LogP contribution in [0.4, 0.5) is 11.4 Å². The molecular weight excluding hydrogens is 292 g/mol. The van der Waals surface area contributed by atoms with Crippen LogP contribution in [-0.2, 0) is 0 Å². The van der Waals surface area contributed by atoms with Gasteiger partial charge >= 0.3 is 0 Å². The summed E-state index contributed by atoms with van der Waals surface area (Å²) in [6.07, 6.45) is 0. The van der Waals surface area contributed by atoms with E-state index in [4.69, 9.17) is 0 Å². The van der Waals surface area contributed by atoms with Crippen molar-refractivity contribution < 1.29 is 9.72 Å². The highest BCUT2D eigenvalue weighted by Gasteiger charge is 2.19. The lowest BCUT2D eigenvalue weighted by atomic mass is 10.00. The van der Waals surface area contributed by atoms with Gasteiger partial charge in [-0.1, -0.05) is 6.07 Å². The first-order valence-corrected chi connectivity index (χ1v) is 7.36. The number of aryl methyl sites for hydroxylation is 1. The molecule has 2 aromatic carbocycles. The fourth-order valence-corrected chi connectivity index (χ4v) is 2.53. The van der Waals surface area contributed by atoms with Gasteiger partial charge < -0.3 is 5.32 Å². The van der Waals surface area contributed by atoms with Gasteiger partial charge in [-0.05, 0) is 69.0 Å². The van der Waals surface area contributed by atoms with E-state index in [-0.39, 0.29) is 11.6 Å². The maximum atomic E-state index is 12.5. The number of nitrogens with one attached hydrogen (secondary N) is 1. The van der Waals surface area contributed by atoms with Crippen molar-refractivity contribution in [3.05, 3.63) is 67.8 Å². The molecule has 0 aliphatic heterocycles. The Morgan fingerprint density at radius 1 is 0.913 bits per heavy atom. The number of hydrogen-bond donors (Lipinski definition) is 1. The number of carbonyl (C=O) groups excluding carboxylic acids is 1. The maximum absolute atomic E-state index is 12.5. The number of nitro benzene ring substituents is 1. The zero-order chi connectivity index (χ0) is 17.3. The van der Waals surface area contributed by atoms with Crippen LogP contribution in [0.3, 0.4) is 0 Å². The first kappa shape index (κ1) is 16.7. The zero-order valence-corrected chi connectivity index (χ0v) is 14.0. The van der Waals surface area contributed by atoms with E-state index in [2.05, 4.69) is 5.32 Å². The topological polar surface area (TPSA) is 72.2 Å². The molecule has 5 heteroatoms. The average molecular weight is 312 g/mol. The van der Waals surface area contributed by atoms with Gasteiger partial charge in [0.25, 0.3) is 11.6 Å². The van der Waals surface area contributed by atoms with Crippen molar-refractivity contribution in [2.24, 2.45) is 0 Å². The SMILES string of the molecule is Cc1ccc(NC(=O)c2ccc([N+](=O)[O-])c(C)c2C)c(C)c1C. The molecule has 0 saturated heterocycles. The number of carbonyl (C=O) groups is 1. The quantitative estimate of drug-likeness (QED) is 0.675. The molecule has 0 heterocycles. The molecule has 5 nitrogen and oxygen atoms in total. The van der Waals surface area contributed by atoms with Crippen LogP contribution in [0.2, 0.25) is 0 Å². The first-order chi connectivity index (χ1) is 10.7. The number of amides is 1. The normalized spacial score (nSPS) is 10.5. The molecule has 1 amide bonds. The lowest BCUT2D eigenvalue weighted by Crippen LogP contribution is -2.15. The Hall–Kier alpha value is -2.69. The number of nitro groups is 1. The third-order valence-corrected chi connectivity index (χ3v) is 4.51. The van der Waals surface area contributed by atoms with Gasteiger partial charge in [0.05, 0.1) is 4.92 Å². The van der Waals surface area contributed by atoms with Gasteiger partial charge in [-0.15, -0.1) is 0 Å². The molecule has 0 atom stereocenters. The van der Waals surface area contributed by atoms with Crippen LogP contribution in [0.1, 0.15) is 38.2 Å². The van der Waals surface area contributed by atoms with Crippen molar-refractivity contribution in [3.8, 4) is 0 Å². The van der Waals surface area contributed by atoms with Gasteiger partial charge in [-0.25, -0.2) is 0 Å². The van der Waals surface area contributed by atoms with E-state index in [0.717, 1.165) is 16.8 Å². The lowest BCUT2D eigenvalue weighted by molar-refractivity contribution is -0.385. The van der Waals surface area contributed by atoms with Crippen LogP contribution in [-0.4, -0.2) is 10.8 Å². The molecule has 0 bridgehead atoms. The van der Waals surface area contributed by atoms with Crippen LogP contribution in [0.15, 0.2) is 24.3 Å². The van der Waals surface area contributed by atoms with Gasteiger partial charge in [0.15, 0.2) is 0 Å². The molecule has 2 rings (SSSR count). The number of rotatable bonds is 3. The van der Waals surface area contributed by atoms with E-state index in [1.165, 1.54) is 17.7 Å². The third-order valence-electron chi connectivity index (χ3n) is 4.51. The van der Waals surface area contributed by atoms with Crippen LogP contribution >= 0.6 is 0 Å². The highest BCUT2D eigenvalue weighted by Crippen LogP contribution is 2.26. The number of hydrogen-bond acceptors (Lipinski definition) is 3. The maximum Gasteiger partial charge on any atom is 0.272 e. The predicted molar refractivity (Wildman–Crippen MR) is 91.2 cm³/mol. The molecule has 0 fully saturated rings. The van der Waals surface area contributed by atoms with Crippen molar-refractivity contribution in [2.45, 2.75) is 34.6 Å². The molecule has 0 unspecified atom stereocenters. The Bertz CT molecular complexity index is 810. The summed E-state index contributed by atoms with van der Waals surface area (Å²) >= 11 is 0. The number of nitrogens with zero attached hydrogens (tertiary/aromatic N) is 1. The monoisotopic (exact) mass is 312 g/mol. The smallest absolute Gasteiger partial charge is 0.272 e. The largest absolute Gasteiger partial charge is 0.322 e. The fraction of sp³-hybridized carbons (Fsp3) is 0.278. The summed E-state index contributed by atoms with van der Waals surface area (Å²) in [5, 5.41) is 13.9. The summed E-state index contributed by atoms with van der Waals surface area (Å²) in [4.78, 5) is 23.1. The highest BCUT2D eigenvalue weighted by atomic mass is 16.6. The van der Waals surface area contributed by atoms with Crippen LogP contribution in [0, 0.1) is 44.7 Å². The highest BCUT2D eigenvalue weighted by molar-refractivity contribution is 6.06. The summed E-state index contributed by atoms with van der Waals surface area (Å²) < 4.78 is 0. The summed E-state index contributed by atoms with van der Waals surface area (Å²) in [6.45, 7) is 9.39. The molecule has 0 spiro atoms. The summed E-state index contributed by atoms with van der Waals surface area (Å²) in [5.41, 5.74) is 5.70. The van der Waals surface area contributed by atoms with Crippen molar-refractivity contribution >= 4 is 17.3 Å².